The Morgan fingerprint density at radius 3 is 1.18 bits per heavy atom. The van der Waals surface area contributed by atoms with Gasteiger partial charge in [0.25, 0.3) is 0 Å². The van der Waals surface area contributed by atoms with Crippen LogP contribution in [0.5, 0.6) is 0 Å². The van der Waals surface area contributed by atoms with Gasteiger partial charge in [-0.1, -0.05) is 293 Å². The molecular weight excluding hydrogens is 959 g/mol. The van der Waals surface area contributed by atoms with Gasteiger partial charge in [0.05, 0.1) is 25.4 Å². The number of allylic oxidation sites excluding steroid dienone is 9. The summed E-state index contributed by atoms with van der Waals surface area (Å²) in [5, 5.41) is 54.6. The van der Waals surface area contributed by atoms with Crippen LogP contribution in [0.1, 0.15) is 309 Å². The molecule has 1 aliphatic rings. The molecule has 6 N–H and O–H groups in total. The van der Waals surface area contributed by atoms with Crippen molar-refractivity contribution >= 4 is 5.91 Å². The second kappa shape index (κ2) is 57.1. The van der Waals surface area contributed by atoms with Crippen molar-refractivity contribution in [3.05, 3.63) is 60.8 Å². The minimum Gasteiger partial charge on any atom is -0.394 e. The number of carbonyl (C=O) groups excluding carboxylic acids is 1. The van der Waals surface area contributed by atoms with Gasteiger partial charge >= 0.3 is 0 Å². The van der Waals surface area contributed by atoms with Crippen LogP contribution in [-0.2, 0) is 14.3 Å². The van der Waals surface area contributed by atoms with Gasteiger partial charge in [-0.15, -0.1) is 0 Å². The highest BCUT2D eigenvalue weighted by Gasteiger charge is 2.44. The van der Waals surface area contributed by atoms with Crippen LogP contribution < -0.4 is 5.32 Å². The maximum absolute atomic E-state index is 13.1. The molecule has 0 aromatic carbocycles. The summed E-state index contributed by atoms with van der Waals surface area (Å²) >= 11 is 0. The van der Waals surface area contributed by atoms with E-state index in [9.17, 15) is 30.3 Å². The fourth-order valence-electron chi connectivity index (χ4n) is 10.4. The normalized spacial score (nSPS) is 19.1. The van der Waals surface area contributed by atoms with Crippen LogP contribution in [0.15, 0.2) is 60.8 Å². The number of ether oxygens (including phenoxy) is 2. The molecule has 1 amide bonds. The van der Waals surface area contributed by atoms with Crippen molar-refractivity contribution < 1.29 is 39.8 Å². The standard InChI is InChI=1S/C68H125NO8/c1-3-5-7-9-11-13-15-17-19-21-23-25-26-27-28-29-30-31-32-33-34-35-36-38-39-41-43-45-47-49-51-53-55-57-62(71)61(60-76-68-67(75)66(74)65(73)63(59-70)77-68)69-64(72)58-56-54-52-50-48-46-44-42-40-37-24-22-20-18-16-14-12-10-8-6-4-2/h16,18,22,24,40,42,47,49,55,57,61-63,65-68,70-71,73-75H,3-15,17,19-21,23,25-39,41,43-46,48,50-54,56,58-60H2,1-2H3,(H,69,72)/b18-16-,24-22-,42-40-,49-47+,57-55+. The molecule has 1 heterocycles. The van der Waals surface area contributed by atoms with Crippen molar-refractivity contribution in [2.75, 3.05) is 13.2 Å². The van der Waals surface area contributed by atoms with Crippen LogP contribution in [0.25, 0.3) is 0 Å². The van der Waals surface area contributed by atoms with E-state index in [1.807, 2.05) is 6.08 Å². The molecule has 9 heteroatoms. The van der Waals surface area contributed by atoms with Crippen LogP contribution in [0, 0.1) is 0 Å². The zero-order valence-corrected chi connectivity index (χ0v) is 50.2. The fourth-order valence-corrected chi connectivity index (χ4v) is 10.4. The lowest BCUT2D eigenvalue weighted by molar-refractivity contribution is -0.302. The number of hydrogen-bond acceptors (Lipinski definition) is 8. The van der Waals surface area contributed by atoms with Crippen molar-refractivity contribution in [1.82, 2.24) is 5.32 Å². The maximum atomic E-state index is 13.1. The molecule has 450 valence electrons. The Bertz CT molecular complexity index is 1400. The van der Waals surface area contributed by atoms with Gasteiger partial charge in [0, 0.05) is 6.42 Å². The molecule has 0 spiro atoms. The second-order valence-corrected chi connectivity index (χ2v) is 22.9. The summed E-state index contributed by atoms with van der Waals surface area (Å²) in [6, 6.07) is -0.833. The predicted octanol–water partition coefficient (Wildman–Crippen LogP) is 17.4. The van der Waals surface area contributed by atoms with Crippen LogP contribution in [0.2, 0.25) is 0 Å². The molecule has 0 aromatic rings. The Hall–Kier alpha value is -2.11. The molecule has 0 aromatic heterocycles. The monoisotopic (exact) mass is 1080 g/mol. The number of nitrogens with one attached hydrogen (secondary N) is 1. The van der Waals surface area contributed by atoms with E-state index in [0.29, 0.717) is 6.42 Å². The SMILES string of the molecule is CCCCCCC/C=C\C/C=C\C/C=C\CCCCCCCCC(=O)NC(COC1OC(CO)C(O)C(O)C1O)C(O)/C=C/CC/C=C/CCCCCCCCCCCCCCCCCCCCCCCCCCCCC. The summed E-state index contributed by atoms with van der Waals surface area (Å²) in [4.78, 5) is 13.1. The van der Waals surface area contributed by atoms with Gasteiger partial charge in [-0.25, -0.2) is 0 Å². The minimum atomic E-state index is -1.58. The van der Waals surface area contributed by atoms with E-state index in [1.165, 1.54) is 225 Å². The maximum Gasteiger partial charge on any atom is 0.220 e. The molecule has 0 aliphatic carbocycles. The van der Waals surface area contributed by atoms with Gasteiger partial charge in [-0.3, -0.25) is 4.79 Å². The average Bonchev–Trinajstić information content (AvgIpc) is 3.43. The van der Waals surface area contributed by atoms with Gasteiger partial charge in [-0.2, -0.15) is 0 Å². The quantitative estimate of drug-likeness (QED) is 0.0261. The third-order valence-corrected chi connectivity index (χ3v) is 15.6. The Morgan fingerprint density at radius 2 is 0.779 bits per heavy atom. The molecule has 77 heavy (non-hydrogen) atoms. The number of unbranched alkanes of at least 4 members (excludes halogenated alkanes) is 39. The molecular formula is C68H125NO8. The third-order valence-electron chi connectivity index (χ3n) is 15.6. The van der Waals surface area contributed by atoms with Crippen LogP contribution in [-0.4, -0.2) is 87.5 Å². The van der Waals surface area contributed by atoms with Gasteiger partial charge in [0.15, 0.2) is 6.29 Å². The summed E-state index contributed by atoms with van der Waals surface area (Å²) in [5.74, 6) is -0.197. The summed E-state index contributed by atoms with van der Waals surface area (Å²) in [7, 11) is 0. The third kappa shape index (κ3) is 46.2. The second-order valence-electron chi connectivity index (χ2n) is 22.9. The van der Waals surface area contributed by atoms with E-state index in [1.54, 1.807) is 6.08 Å². The van der Waals surface area contributed by atoms with Gasteiger partial charge in [0.1, 0.15) is 24.4 Å². The van der Waals surface area contributed by atoms with Crippen molar-refractivity contribution in [1.29, 1.82) is 0 Å². The summed E-state index contributed by atoms with van der Waals surface area (Å²) in [6.07, 6.45) is 71.8. The summed E-state index contributed by atoms with van der Waals surface area (Å²) in [5.41, 5.74) is 0. The largest absolute Gasteiger partial charge is 0.394 e. The summed E-state index contributed by atoms with van der Waals surface area (Å²) in [6.45, 7) is 3.77. The van der Waals surface area contributed by atoms with Gasteiger partial charge in [-0.05, 0) is 70.6 Å². The number of hydrogen-bond donors (Lipinski definition) is 6. The van der Waals surface area contributed by atoms with E-state index in [-0.39, 0.29) is 12.5 Å². The van der Waals surface area contributed by atoms with Crippen molar-refractivity contribution in [3.63, 3.8) is 0 Å². The van der Waals surface area contributed by atoms with Crippen LogP contribution >= 0.6 is 0 Å². The number of aliphatic hydroxyl groups excluding tert-OH is 5. The highest BCUT2D eigenvalue weighted by molar-refractivity contribution is 5.76. The number of amides is 1. The molecule has 1 rings (SSSR count). The molecule has 0 radical (unpaired) electrons. The molecule has 1 aliphatic heterocycles. The number of aliphatic hydroxyl groups is 5. The molecule has 9 nitrogen and oxygen atoms in total. The van der Waals surface area contributed by atoms with E-state index >= 15 is 0 Å². The molecule has 7 unspecified atom stereocenters. The zero-order valence-electron chi connectivity index (χ0n) is 50.2. The molecule has 0 bridgehead atoms. The molecule has 0 saturated carbocycles. The van der Waals surface area contributed by atoms with Crippen LogP contribution in [0.3, 0.4) is 0 Å². The van der Waals surface area contributed by atoms with E-state index < -0.39 is 49.5 Å². The number of rotatable bonds is 57. The molecule has 1 saturated heterocycles. The molecule has 7 atom stereocenters. The van der Waals surface area contributed by atoms with Crippen molar-refractivity contribution in [2.24, 2.45) is 0 Å². The zero-order chi connectivity index (χ0) is 55.8. The van der Waals surface area contributed by atoms with Gasteiger partial charge < -0.3 is 40.3 Å². The smallest absolute Gasteiger partial charge is 0.220 e. The lowest BCUT2D eigenvalue weighted by Crippen LogP contribution is -2.60. The first-order valence-electron chi connectivity index (χ1n) is 33.0. The van der Waals surface area contributed by atoms with E-state index in [4.69, 9.17) is 9.47 Å². The Kier molecular flexibility index (Phi) is 54.1. The lowest BCUT2D eigenvalue weighted by atomic mass is 9.99. The Morgan fingerprint density at radius 1 is 0.442 bits per heavy atom. The van der Waals surface area contributed by atoms with Crippen molar-refractivity contribution in [3.8, 4) is 0 Å². The minimum absolute atomic E-state index is 0.197. The first-order valence-corrected chi connectivity index (χ1v) is 33.0. The predicted molar refractivity (Wildman–Crippen MR) is 327 cm³/mol. The van der Waals surface area contributed by atoms with Gasteiger partial charge in [0.2, 0.25) is 5.91 Å². The van der Waals surface area contributed by atoms with E-state index in [2.05, 4.69) is 67.8 Å². The first kappa shape index (κ1) is 72.9. The lowest BCUT2D eigenvalue weighted by Gasteiger charge is -2.40. The topological polar surface area (TPSA) is 149 Å². The van der Waals surface area contributed by atoms with E-state index in [0.717, 1.165) is 64.2 Å². The number of carbonyl (C=O) groups is 1. The van der Waals surface area contributed by atoms with Crippen LogP contribution in [0.4, 0.5) is 0 Å². The highest BCUT2D eigenvalue weighted by atomic mass is 16.7. The first-order chi connectivity index (χ1) is 37.8. The Balaban J connectivity index is 2.17. The highest BCUT2D eigenvalue weighted by Crippen LogP contribution is 2.23. The van der Waals surface area contributed by atoms with Crippen molar-refractivity contribution in [2.45, 2.75) is 352 Å². The fraction of sp³-hybridized carbons (Fsp3) is 0.838. The average molecular weight is 1080 g/mol. The summed E-state index contributed by atoms with van der Waals surface area (Å²) < 4.78 is 11.3. The Labute approximate surface area is 475 Å². The molecule has 1 fully saturated rings.